The van der Waals surface area contributed by atoms with Crippen LogP contribution in [-0.2, 0) is 0 Å². The Balaban J connectivity index is 1.01. The van der Waals surface area contributed by atoms with Gasteiger partial charge in [0.1, 0.15) is 51.7 Å². The Labute approximate surface area is 291 Å². The van der Waals surface area contributed by atoms with Crippen molar-refractivity contribution >= 4 is 71.7 Å². The van der Waals surface area contributed by atoms with Crippen molar-refractivity contribution in [1.29, 1.82) is 0 Å². The number of para-hydroxylation sites is 3. The molecule has 1 aliphatic rings. The normalized spacial score (nSPS) is 16.4. The lowest BCUT2D eigenvalue weighted by Gasteiger charge is -2.32. The number of nitrogens with one attached hydrogen (secondary N) is 2. The predicted molar refractivity (Wildman–Crippen MR) is 205 cm³/mol. The van der Waals surface area contributed by atoms with Gasteiger partial charge in [0.15, 0.2) is 0 Å². The number of nitrogens with zero attached hydrogens (tertiary/aromatic N) is 1. The lowest BCUT2D eigenvalue weighted by Crippen LogP contribution is -2.45. The molecule has 0 saturated carbocycles. The Morgan fingerprint density at radius 2 is 1.02 bits per heavy atom. The van der Waals surface area contributed by atoms with Crippen LogP contribution in [0.1, 0.15) is 29.0 Å². The van der Waals surface area contributed by atoms with Gasteiger partial charge in [-0.1, -0.05) is 103 Å². The minimum atomic E-state index is -0.283. The highest BCUT2D eigenvalue weighted by molar-refractivity contribution is 6.11. The van der Waals surface area contributed by atoms with E-state index in [1.165, 1.54) is 0 Å². The van der Waals surface area contributed by atoms with Gasteiger partial charge in [0, 0.05) is 43.4 Å². The van der Waals surface area contributed by atoms with Crippen molar-refractivity contribution in [3.05, 3.63) is 168 Å². The lowest BCUT2D eigenvalue weighted by atomic mass is 10.00. The minimum Gasteiger partial charge on any atom is -0.456 e. The summed E-state index contributed by atoms with van der Waals surface area (Å²) in [5.41, 5.74) is 10.5. The standard InChI is InChI=1S/C45H29N3O3/c1-2-9-26(10-3-1)43-46-44(29-17-20-32-30-11-4-6-15-37(30)50-41(32)25-29)48-45(47-43)34-14-8-13-33-36-24-28(19-22-40(36)51-42(33)34)27-18-21-39-35(23-27)31-12-5-7-16-38(31)49-39/h1-25,43,45,47H,(H,46,48). The maximum absolute atomic E-state index is 6.67. The molecule has 51 heavy (non-hydrogen) atoms. The van der Waals surface area contributed by atoms with Crippen molar-refractivity contribution in [1.82, 2.24) is 10.6 Å². The largest absolute Gasteiger partial charge is 0.456 e. The van der Waals surface area contributed by atoms with Crippen LogP contribution in [0.25, 0.3) is 76.9 Å². The van der Waals surface area contributed by atoms with Crippen LogP contribution in [0.4, 0.5) is 0 Å². The Kier molecular flexibility index (Phi) is 6.05. The second kappa shape index (κ2) is 10.9. The van der Waals surface area contributed by atoms with Gasteiger partial charge in [-0.25, -0.2) is 4.99 Å². The molecule has 0 spiro atoms. The third-order valence-corrected chi connectivity index (χ3v) is 10.2. The summed E-state index contributed by atoms with van der Waals surface area (Å²) in [6, 6.07) is 52.2. The van der Waals surface area contributed by atoms with E-state index in [1.807, 2.05) is 48.5 Å². The van der Waals surface area contributed by atoms with Crippen LogP contribution in [0, 0.1) is 0 Å². The van der Waals surface area contributed by atoms with E-state index in [9.17, 15) is 0 Å². The molecule has 6 heteroatoms. The molecule has 2 atom stereocenters. The molecule has 4 heterocycles. The summed E-state index contributed by atoms with van der Waals surface area (Å²) in [6.45, 7) is 0. The molecule has 1 aliphatic heterocycles. The van der Waals surface area contributed by atoms with Crippen molar-refractivity contribution in [2.45, 2.75) is 12.3 Å². The van der Waals surface area contributed by atoms with Gasteiger partial charge in [-0.3, -0.25) is 5.32 Å². The van der Waals surface area contributed by atoms with E-state index < -0.39 is 0 Å². The highest BCUT2D eigenvalue weighted by Gasteiger charge is 2.28. The zero-order chi connectivity index (χ0) is 33.5. The van der Waals surface area contributed by atoms with Crippen molar-refractivity contribution in [2.24, 2.45) is 4.99 Å². The average Bonchev–Trinajstić information content (AvgIpc) is 3.88. The molecule has 0 amide bonds. The van der Waals surface area contributed by atoms with Gasteiger partial charge >= 0.3 is 0 Å². The summed E-state index contributed by atoms with van der Waals surface area (Å²) in [5.74, 6) is 0.785. The van der Waals surface area contributed by atoms with E-state index in [1.54, 1.807) is 0 Å². The highest BCUT2D eigenvalue weighted by Crippen LogP contribution is 2.39. The van der Waals surface area contributed by atoms with Crippen molar-refractivity contribution in [3.63, 3.8) is 0 Å². The van der Waals surface area contributed by atoms with Gasteiger partial charge in [0.25, 0.3) is 0 Å². The van der Waals surface area contributed by atoms with Crippen molar-refractivity contribution in [3.8, 4) is 11.1 Å². The molecule has 242 valence electrons. The third kappa shape index (κ3) is 4.50. The molecule has 2 unspecified atom stereocenters. The van der Waals surface area contributed by atoms with E-state index in [0.717, 1.165) is 99.5 Å². The summed E-state index contributed by atoms with van der Waals surface area (Å²) in [4.78, 5) is 5.18. The van der Waals surface area contributed by atoms with Gasteiger partial charge in [0.05, 0.1) is 0 Å². The molecule has 0 fully saturated rings. The molecule has 10 aromatic rings. The minimum absolute atomic E-state index is 0.279. The smallest absolute Gasteiger partial charge is 0.142 e. The van der Waals surface area contributed by atoms with Gasteiger partial charge in [-0.15, -0.1) is 0 Å². The zero-order valence-electron chi connectivity index (χ0n) is 27.3. The summed E-state index contributed by atoms with van der Waals surface area (Å²) in [6.07, 6.45) is -0.562. The lowest BCUT2D eigenvalue weighted by molar-refractivity contribution is 0.408. The first kappa shape index (κ1) is 28.2. The second-order valence-corrected chi connectivity index (χ2v) is 13.2. The molecular weight excluding hydrogens is 631 g/mol. The van der Waals surface area contributed by atoms with Gasteiger partial charge in [0.2, 0.25) is 0 Å². The van der Waals surface area contributed by atoms with E-state index in [-0.39, 0.29) is 12.3 Å². The Morgan fingerprint density at radius 1 is 0.431 bits per heavy atom. The molecule has 7 aromatic carbocycles. The fourth-order valence-electron chi connectivity index (χ4n) is 7.68. The maximum Gasteiger partial charge on any atom is 0.142 e. The number of fused-ring (bicyclic) bond motifs is 9. The fraction of sp³-hybridized carbons (Fsp3) is 0.0444. The molecule has 11 rings (SSSR count). The van der Waals surface area contributed by atoms with E-state index in [0.29, 0.717) is 0 Å². The van der Waals surface area contributed by atoms with E-state index in [2.05, 4.69) is 114 Å². The second-order valence-electron chi connectivity index (χ2n) is 13.2. The van der Waals surface area contributed by atoms with Crippen molar-refractivity contribution in [2.75, 3.05) is 0 Å². The number of aliphatic imine (C=N–C) groups is 1. The maximum atomic E-state index is 6.67. The molecule has 3 aromatic heterocycles. The number of hydrogen-bond donors (Lipinski definition) is 2. The predicted octanol–water partition coefficient (Wildman–Crippen LogP) is 11.4. The van der Waals surface area contributed by atoms with Crippen molar-refractivity contribution < 1.29 is 13.3 Å². The number of amidine groups is 1. The summed E-state index contributed by atoms with van der Waals surface area (Å²) < 4.78 is 19.0. The Hall–Kier alpha value is -6.63. The Bertz CT molecular complexity index is 3000. The zero-order valence-corrected chi connectivity index (χ0v) is 27.3. The van der Waals surface area contributed by atoms with E-state index in [4.69, 9.17) is 18.2 Å². The van der Waals surface area contributed by atoms with Crippen LogP contribution >= 0.6 is 0 Å². The molecule has 2 N–H and O–H groups in total. The average molecular weight is 660 g/mol. The summed E-state index contributed by atoms with van der Waals surface area (Å²) in [5, 5.41) is 14.0. The molecular formula is C45H29N3O3. The van der Waals surface area contributed by atoms with Gasteiger partial charge in [-0.2, -0.15) is 0 Å². The number of benzene rings is 7. The summed E-state index contributed by atoms with van der Waals surface area (Å²) >= 11 is 0. The van der Waals surface area contributed by atoms with Gasteiger partial charge < -0.3 is 18.6 Å². The first-order valence-corrected chi connectivity index (χ1v) is 17.2. The highest BCUT2D eigenvalue weighted by atomic mass is 16.3. The fourth-order valence-corrected chi connectivity index (χ4v) is 7.68. The molecule has 0 bridgehead atoms. The van der Waals surface area contributed by atoms with Crippen LogP contribution < -0.4 is 10.6 Å². The molecule has 0 saturated heterocycles. The first-order valence-electron chi connectivity index (χ1n) is 17.2. The molecule has 0 aliphatic carbocycles. The monoisotopic (exact) mass is 659 g/mol. The van der Waals surface area contributed by atoms with Crippen LogP contribution in [0.2, 0.25) is 0 Å². The number of rotatable bonds is 4. The summed E-state index contributed by atoms with van der Waals surface area (Å²) in [7, 11) is 0. The van der Waals surface area contributed by atoms with E-state index >= 15 is 0 Å². The number of hydrogen-bond acceptors (Lipinski definition) is 6. The van der Waals surface area contributed by atoms with Crippen LogP contribution in [-0.4, -0.2) is 5.84 Å². The number of furan rings is 3. The van der Waals surface area contributed by atoms with Gasteiger partial charge in [-0.05, 0) is 65.2 Å². The third-order valence-electron chi connectivity index (χ3n) is 10.2. The molecule has 6 nitrogen and oxygen atoms in total. The quantitative estimate of drug-likeness (QED) is 0.197. The SMILES string of the molecule is c1ccc(C2N=C(c3ccc4c(c3)oc3ccccc34)NC(c3cccc4c3oc3ccc(-c5ccc6oc7ccccc7c6c5)cc34)N2)cc1. The van der Waals surface area contributed by atoms with Crippen LogP contribution in [0.5, 0.6) is 0 Å². The first-order chi connectivity index (χ1) is 25.2. The molecule has 0 radical (unpaired) electrons. The van der Waals surface area contributed by atoms with Crippen LogP contribution in [0.15, 0.2) is 170 Å². The topological polar surface area (TPSA) is 75.8 Å². The van der Waals surface area contributed by atoms with Crippen LogP contribution in [0.3, 0.4) is 0 Å². The Morgan fingerprint density at radius 3 is 1.80 bits per heavy atom.